The molecule has 0 spiro atoms. The van der Waals surface area contributed by atoms with Crippen molar-refractivity contribution in [3.05, 3.63) is 54.1 Å². The lowest BCUT2D eigenvalue weighted by atomic mass is 10.0. The predicted octanol–water partition coefficient (Wildman–Crippen LogP) is 2.86. The smallest absolute Gasteiger partial charge is 0.191 e. The van der Waals surface area contributed by atoms with E-state index in [1.807, 2.05) is 18.5 Å². The van der Waals surface area contributed by atoms with E-state index in [9.17, 15) is 0 Å². The maximum atomic E-state index is 4.80. The minimum atomic E-state index is 0.483. The van der Waals surface area contributed by atoms with E-state index in [1.165, 1.54) is 5.56 Å². The maximum absolute atomic E-state index is 4.80. The van der Waals surface area contributed by atoms with Crippen molar-refractivity contribution in [2.24, 2.45) is 4.99 Å². The highest BCUT2D eigenvalue weighted by Crippen LogP contribution is 2.13. The van der Waals surface area contributed by atoms with Crippen molar-refractivity contribution < 1.29 is 0 Å². The Labute approximate surface area is 169 Å². The van der Waals surface area contributed by atoms with Gasteiger partial charge in [-0.25, -0.2) is 9.98 Å². The quantitative estimate of drug-likeness (QED) is 0.571. The number of imidazole rings is 1. The first-order valence-corrected chi connectivity index (χ1v) is 10.5. The molecule has 1 aliphatic heterocycles. The van der Waals surface area contributed by atoms with Crippen LogP contribution in [0.4, 0.5) is 0 Å². The summed E-state index contributed by atoms with van der Waals surface area (Å²) in [5, 5.41) is 7.01. The number of aromatic nitrogens is 2. The highest BCUT2D eigenvalue weighted by atomic mass is 15.2. The summed E-state index contributed by atoms with van der Waals surface area (Å²) in [6.07, 6.45) is 6.20. The normalized spacial score (nSPS) is 16.5. The van der Waals surface area contributed by atoms with Gasteiger partial charge < -0.3 is 20.1 Å². The van der Waals surface area contributed by atoms with Crippen LogP contribution in [-0.2, 0) is 13.1 Å². The van der Waals surface area contributed by atoms with Crippen LogP contribution in [0.15, 0.2) is 47.7 Å². The topological polar surface area (TPSA) is 57.5 Å². The average Bonchev–Trinajstić information content (AvgIpc) is 3.14. The number of guanidine groups is 1. The first-order chi connectivity index (χ1) is 13.7. The Morgan fingerprint density at radius 1 is 1.21 bits per heavy atom. The van der Waals surface area contributed by atoms with Crippen LogP contribution in [0.2, 0.25) is 0 Å². The number of nitrogens with one attached hydrogen (secondary N) is 2. The Hall–Kier alpha value is -2.34. The first-order valence-electron chi connectivity index (χ1n) is 10.5. The monoisotopic (exact) mass is 382 g/mol. The lowest BCUT2D eigenvalue weighted by Crippen LogP contribution is -2.49. The van der Waals surface area contributed by atoms with Crippen molar-refractivity contribution in [2.75, 3.05) is 19.6 Å². The van der Waals surface area contributed by atoms with Crippen LogP contribution >= 0.6 is 0 Å². The second-order valence-electron chi connectivity index (χ2n) is 7.70. The SMILES string of the molecule is CCNC(=NCc1nccn1Cc1ccccc1)NC1CCN(C(C)C)CC1. The highest BCUT2D eigenvalue weighted by Gasteiger charge is 2.21. The fourth-order valence-electron chi connectivity index (χ4n) is 3.64. The molecule has 0 unspecified atom stereocenters. The Balaban J connectivity index is 1.58. The summed E-state index contributed by atoms with van der Waals surface area (Å²) >= 11 is 0. The Bertz CT molecular complexity index is 728. The third kappa shape index (κ3) is 5.83. The van der Waals surface area contributed by atoms with E-state index in [1.54, 1.807) is 0 Å². The zero-order valence-corrected chi connectivity index (χ0v) is 17.4. The molecule has 6 heteroatoms. The minimum Gasteiger partial charge on any atom is -0.357 e. The Kier molecular flexibility index (Phi) is 7.48. The molecule has 1 fully saturated rings. The second kappa shape index (κ2) is 10.3. The van der Waals surface area contributed by atoms with Gasteiger partial charge in [0.05, 0.1) is 0 Å². The van der Waals surface area contributed by atoms with Gasteiger partial charge >= 0.3 is 0 Å². The van der Waals surface area contributed by atoms with Crippen molar-refractivity contribution >= 4 is 5.96 Å². The molecule has 0 bridgehead atoms. The number of nitrogens with zero attached hydrogens (tertiary/aromatic N) is 4. The number of piperidine rings is 1. The number of hydrogen-bond acceptors (Lipinski definition) is 3. The molecule has 1 aromatic carbocycles. The number of rotatable bonds is 7. The molecule has 0 aliphatic carbocycles. The highest BCUT2D eigenvalue weighted by molar-refractivity contribution is 5.80. The zero-order valence-electron chi connectivity index (χ0n) is 17.4. The molecular formula is C22H34N6. The van der Waals surface area contributed by atoms with E-state index in [0.717, 1.165) is 50.8 Å². The molecule has 1 aliphatic rings. The van der Waals surface area contributed by atoms with E-state index in [-0.39, 0.29) is 0 Å². The number of likely N-dealkylation sites (tertiary alicyclic amines) is 1. The van der Waals surface area contributed by atoms with Gasteiger partial charge in [-0.2, -0.15) is 0 Å². The van der Waals surface area contributed by atoms with Gasteiger partial charge in [0.25, 0.3) is 0 Å². The predicted molar refractivity (Wildman–Crippen MR) is 115 cm³/mol. The van der Waals surface area contributed by atoms with E-state index in [0.29, 0.717) is 18.6 Å². The maximum Gasteiger partial charge on any atom is 0.191 e. The van der Waals surface area contributed by atoms with E-state index in [2.05, 4.69) is 70.1 Å². The molecule has 0 radical (unpaired) electrons. The summed E-state index contributed by atoms with van der Waals surface area (Å²) in [4.78, 5) is 11.9. The van der Waals surface area contributed by atoms with Crippen LogP contribution in [-0.4, -0.2) is 52.1 Å². The number of benzene rings is 1. The summed E-state index contributed by atoms with van der Waals surface area (Å²) < 4.78 is 2.17. The van der Waals surface area contributed by atoms with Crippen LogP contribution in [0.3, 0.4) is 0 Å². The second-order valence-corrected chi connectivity index (χ2v) is 7.70. The summed E-state index contributed by atoms with van der Waals surface area (Å²) in [5.41, 5.74) is 1.27. The molecule has 2 N–H and O–H groups in total. The van der Waals surface area contributed by atoms with Gasteiger partial charge in [-0.1, -0.05) is 30.3 Å². The Morgan fingerprint density at radius 2 is 1.96 bits per heavy atom. The van der Waals surface area contributed by atoms with Crippen LogP contribution in [0.5, 0.6) is 0 Å². The molecule has 6 nitrogen and oxygen atoms in total. The van der Waals surface area contributed by atoms with Crippen LogP contribution in [0, 0.1) is 0 Å². The molecule has 3 rings (SSSR count). The van der Waals surface area contributed by atoms with Gasteiger partial charge in [0.15, 0.2) is 5.96 Å². The average molecular weight is 383 g/mol. The summed E-state index contributed by atoms with van der Waals surface area (Å²) in [5.74, 6) is 1.87. The van der Waals surface area contributed by atoms with E-state index in [4.69, 9.17) is 4.99 Å². The number of aliphatic imine (C=N–C) groups is 1. The van der Waals surface area contributed by atoms with Crippen LogP contribution in [0.1, 0.15) is 45.0 Å². The lowest BCUT2D eigenvalue weighted by Gasteiger charge is -2.35. The van der Waals surface area contributed by atoms with Crippen molar-refractivity contribution in [1.29, 1.82) is 0 Å². The van der Waals surface area contributed by atoms with Gasteiger partial charge in [-0.3, -0.25) is 0 Å². The van der Waals surface area contributed by atoms with E-state index >= 15 is 0 Å². The van der Waals surface area contributed by atoms with Crippen LogP contribution < -0.4 is 10.6 Å². The van der Waals surface area contributed by atoms with Crippen LogP contribution in [0.25, 0.3) is 0 Å². The molecule has 2 heterocycles. The van der Waals surface area contributed by atoms with Crippen molar-refractivity contribution in [3.8, 4) is 0 Å². The minimum absolute atomic E-state index is 0.483. The molecule has 0 saturated carbocycles. The van der Waals surface area contributed by atoms with Crippen molar-refractivity contribution in [2.45, 2.75) is 58.8 Å². The lowest BCUT2D eigenvalue weighted by molar-refractivity contribution is 0.167. The fourth-order valence-corrected chi connectivity index (χ4v) is 3.64. The summed E-state index contributed by atoms with van der Waals surface area (Å²) in [6.45, 7) is 11.2. The molecule has 0 amide bonds. The molecular weight excluding hydrogens is 348 g/mol. The summed E-state index contributed by atoms with van der Waals surface area (Å²) in [6, 6.07) is 11.6. The van der Waals surface area contributed by atoms with Gasteiger partial charge in [0, 0.05) is 50.7 Å². The first kappa shape index (κ1) is 20.4. The molecule has 0 atom stereocenters. The Morgan fingerprint density at radius 3 is 2.64 bits per heavy atom. The molecule has 152 valence electrons. The molecule has 1 saturated heterocycles. The van der Waals surface area contributed by atoms with Gasteiger partial charge in [0.2, 0.25) is 0 Å². The van der Waals surface area contributed by atoms with Crippen molar-refractivity contribution in [1.82, 2.24) is 25.1 Å². The van der Waals surface area contributed by atoms with Crippen molar-refractivity contribution in [3.63, 3.8) is 0 Å². The molecule has 2 aromatic rings. The largest absolute Gasteiger partial charge is 0.357 e. The fraction of sp³-hybridized carbons (Fsp3) is 0.545. The van der Waals surface area contributed by atoms with Gasteiger partial charge in [0.1, 0.15) is 12.4 Å². The third-order valence-corrected chi connectivity index (χ3v) is 5.32. The summed E-state index contributed by atoms with van der Waals surface area (Å²) in [7, 11) is 0. The van der Waals surface area contributed by atoms with Gasteiger partial charge in [-0.15, -0.1) is 0 Å². The van der Waals surface area contributed by atoms with E-state index < -0.39 is 0 Å². The number of hydrogen-bond donors (Lipinski definition) is 2. The zero-order chi connectivity index (χ0) is 19.8. The third-order valence-electron chi connectivity index (χ3n) is 5.32. The standard InChI is InChI=1S/C22H34N6/c1-4-23-22(26-20-10-13-27(14-11-20)18(2)3)25-16-21-24-12-15-28(21)17-19-8-6-5-7-9-19/h5-9,12,15,18,20H,4,10-11,13-14,16-17H2,1-3H3,(H2,23,25,26). The molecule has 1 aromatic heterocycles. The van der Waals surface area contributed by atoms with Gasteiger partial charge in [-0.05, 0) is 39.2 Å². The molecule has 28 heavy (non-hydrogen) atoms.